The average Bonchev–Trinajstić information content (AvgIpc) is 3.19. The smallest absolute Gasteiger partial charge is 0.407 e. The molecule has 5 aromatic rings. The SMILES string of the molecule is Cc1ccc(-c2cc(C(=O)NCc3cnc(C)cn3)cc(-n3c(=O)oc4ccccc43)c2)nc1. The predicted octanol–water partition coefficient (Wildman–Crippen LogP) is 3.98. The first kappa shape index (κ1) is 21.3. The van der Waals surface area contributed by atoms with E-state index in [-0.39, 0.29) is 12.5 Å². The maximum absolute atomic E-state index is 13.1. The minimum Gasteiger partial charge on any atom is -0.407 e. The van der Waals surface area contributed by atoms with E-state index in [1.54, 1.807) is 48.9 Å². The number of amides is 1. The normalized spacial score (nSPS) is 11.0. The number of rotatable bonds is 5. The van der Waals surface area contributed by atoms with Gasteiger partial charge in [-0.05, 0) is 55.8 Å². The van der Waals surface area contributed by atoms with Crippen LogP contribution in [0.4, 0.5) is 0 Å². The van der Waals surface area contributed by atoms with E-state index in [4.69, 9.17) is 4.42 Å². The van der Waals surface area contributed by atoms with Crippen LogP contribution in [0.1, 0.15) is 27.3 Å². The lowest BCUT2D eigenvalue weighted by Gasteiger charge is -2.11. The highest BCUT2D eigenvalue weighted by Crippen LogP contribution is 2.25. The number of nitrogens with zero attached hydrogens (tertiary/aromatic N) is 4. The van der Waals surface area contributed by atoms with Gasteiger partial charge in [0.25, 0.3) is 5.91 Å². The van der Waals surface area contributed by atoms with Gasteiger partial charge in [0, 0.05) is 23.5 Å². The molecule has 168 valence electrons. The van der Waals surface area contributed by atoms with Gasteiger partial charge in [0.15, 0.2) is 5.58 Å². The number of hydrogen-bond donors (Lipinski definition) is 1. The van der Waals surface area contributed by atoms with E-state index in [1.807, 2.05) is 38.1 Å². The maximum atomic E-state index is 13.1. The maximum Gasteiger partial charge on any atom is 0.424 e. The van der Waals surface area contributed by atoms with Crippen molar-refractivity contribution in [3.05, 3.63) is 106 Å². The number of carbonyl (C=O) groups is 1. The van der Waals surface area contributed by atoms with Crippen molar-refractivity contribution in [1.82, 2.24) is 24.8 Å². The summed E-state index contributed by atoms with van der Waals surface area (Å²) in [5.74, 6) is -0.838. The van der Waals surface area contributed by atoms with Crippen LogP contribution in [0.3, 0.4) is 0 Å². The van der Waals surface area contributed by atoms with E-state index in [0.717, 1.165) is 11.3 Å². The van der Waals surface area contributed by atoms with Crippen LogP contribution in [0.25, 0.3) is 28.0 Å². The van der Waals surface area contributed by atoms with E-state index < -0.39 is 5.76 Å². The number of oxazole rings is 1. The Morgan fingerprint density at radius 1 is 0.971 bits per heavy atom. The summed E-state index contributed by atoms with van der Waals surface area (Å²) in [5.41, 5.74) is 5.83. The number of nitrogens with one attached hydrogen (secondary N) is 1. The number of aromatic nitrogens is 4. The first-order valence-corrected chi connectivity index (χ1v) is 10.7. The van der Waals surface area contributed by atoms with Crippen LogP contribution in [0.2, 0.25) is 0 Å². The molecule has 5 rings (SSSR count). The highest BCUT2D eigenvalue weighted by Gasteiger charge is 2.16. The van der Waals surface area contributed by atoms with E-state index in [1.165, 1.54) is 4.57 Å². The molecule has 3 heterocycles. The van der Waals surface area contributed by atoms with Gasteiger partial charge in [-0.15, -0.1) is 0 Å². The second kappa shape index (κ2) is 8.74. The zero-order valence-corrected chi connectivity index (χ0v) is 18.6. The third kappa shape index (κ3) is 4.21. The molecule has 8 nitrogen and oxygen atoms in total. The van der Waals surface area contributed by atoms with Crippen molar-refractivity contribution in [3.8, 4) is 16.9 Å². The van der Waals surface area contributed by atoms with Crippen molar-refractivity contribution in [1.29, 1.82) is 0 Å². The number of carbonyl (C=O) groups excluding carboxylic acids is 1. The summed E-state index contributed by atoms with van der Waals surface area (Å²) in [6.07, 6.45) is 5.04. The van der Waals surface area contributed by atoms with Crippen LogP contribution in [0.15, 0.2) is 82.4 Å². The molecule has 34 heavy (non-hydrogen) atoms. The third-order valence-corrected chi connectivity index (χ3v) is 5.40. The van der Waals surface area contributed by atoms with Crippen molar-refractivity contribution in [2.45, 2.75) is 20.4 Å². The molecule has 0 saturated carbocycles. The fourth-order valence-electron chi connectivity index (χ4n) is 3.65. The molecule has 0 aliphatic carbocycles. The van der Waals surface area contributed by atoms with Gasteiger partial charge in [-0.2, -0.15) is 0 Å². The number of fused-ring (bicyclic) bond motifs is 1. The number of benzene rings is 2. The molecule has 3 aromatic heterocycles. The Hall–Kier alpha value is -4.59. The summed E-state index contributed by atoms with van der Waals surface area (Å²) in [6.45, 7) is 4.03. The zero-order chi connectivity index (χ0) is 23.7. The first-order valence-electron chi connectivity index (χ1n) is 10.7. The molecule has 0 aliphatic heterocycles. The molecular formula is C26H21N5O3. The molecule has 0 unspecified atom stereocenters. The minimum absolute atomic E-state index is 0.225. The van der Waals surface area contributed by atoms with Gasteiger partial charge < -0.3 is 9.73 Å². The highest BCUT2D eigenvalue weighted by molar-refractivity contribution is 5.96. The topological polar surface area (TPSA) is 103 Å². The van der Waals surface area contributed by atoms with Gasteiger partial charge in [0.05, 0.1) is 41.0 Å². The van der Waals surface area contributed by atoms with Gasteiger partial charge in [-0.1, -0.05) is 18.2 Å². The van der Waals surface area contributed by atoms with E-state index >= 15 is 0 Å². The lowest BCUT2D eigenvalue weighted by Crippen LogP contribution is -2.24. The number of pyridine rings is 1. The molecular weight excluding hydrogens is 430 g/mol. The molecule has 0 fully saturated rings. The standard InChI is InChI=1S/C26H21N5O3/c1-16-7-8-22(29-12-16)18-9-19(25(32)30-15-20-14-27-17(2)13-28-20)11-21(10-18)31-23-5-3-4-6-24(23)34-26(31)33/h3-14H,15H2,1-2H3,(H,30,32). The minimum atomic E-state index is -0.531. The van der Waals surface area contributed by atoms with Gasteiger partial charge >= 0.3 is 5.76 Å². The summed E-state index contributed by atoms with van der Waals surface area (Å²) in [5, 5.41) is 2.87. The molecule has 0 bridgehead atoms. The molecule has 0 aliphatic rings. The second-order valence-electron chi connectivity index (χ2n) is 7.99. The number of hydrogen-bond acceptors (Lipinski definition) is 6. The fourth-order valence-corrected chi connectivity index (χ4v) is 3.65. The Kier molecular flexibility index (Phi) is 5.47. The molecule has 0 atom stereocenters. The Balaban J connectivity index is 1.58. The first-order chi connectivity index (χ1) is 16.5. The van der Waals surface area contributed by atoms with Crippen LogP contribution < -0.4 is 11.1 Å². The van der Waals surface area contributed by atoms with E-state index in [9.17, 15) is 9.59 Å². The lowest BCUT2D eigenvalue weighted by molar-refractivity contribution is 0.0950. The lowest BCUT2D eigenvalue weighted by atomic mass is 10.0. The van der Waals surface area contributed by atoms with Crippen LogP contribution in [-0.2, 0) is 6.54 Å². The molecule has 0 saturated heterocycles. The molecule has 0 radical (unpaired) electrons. The Bertz CT molecular complexity index is 1550. The monoisotopic (exact) mass is 451 g/mol. The summed E-state index contributed by atoms with van der Waals surface area (Å²) < 4.78 is 6.86. The van der Waals surface area contributed by atoms with Gasteiger partial charge in [0.2, 0.25) is 0 Å². The van der Waals surface area contributed by atoms with Crippen LogP contribution >= 0.6 is 0 Å². The quantitative estimate of drug-likeness (QED) is 0.434. The zero-order valence-electron chi connectivity index (χ0n) is 18.6. The van der Waals surface area contributed by atoms with Crippen molar-refractivity contribution < 1.29 is 9.21 Å². The van der Waals surface area contributed by atoms with Crippen molar-refractivity contribution in [2.24, 2.45) is 0 Å². The van der Waals surface area contributed by atoms with E-state index in [2.05, 4.69) is 20.3 Å². The van der Waals surface area contributed by atoms with Gasteiger partial charge in [-0.3, -0.25) is 19.7 Å². The average molecular weight is 451 g/mol. The summed E-state index contributed by atoms with van der Waals surface area (Å²) in [7, 11) is 0. The van der Waals surface area contributed by atoms with Crippen LogP contribution in [0, 0.1) is 13.8 Å². The number of para-hydroxylation sites is 2. The molecule has 8 heteroatoms. The Morgan fingerprint density at radius 2 is 1.82 bits per heavy atom. The van der Waals surface area contributed by atoms with Crippen LogP contribution in [-0.4, -0.2) is 25.4 Å². The van der Waals surface area contributed by atoms with Crippen molar-refractivity contribution in [2.75, 3.05) is 0 Å². The highest BCUT2D eigenvalue weighted by atomic mass is 16.4. The van der Waals surface area contributed by atoms with Crippen molar-refractivity contribution >= 4 is 17.0 Å². The summed E-state index contributed by atoms with van der Waals surface area (Å²) >= 11 is 0. The molecule has 1 amide bonds. The van der Waals surface area contributed by atoms with Gasteiger partial charge in [0.1, 0.15) is 0 Å². The van der Waals surface area contributed by atoms with E-state index in [0.29, 0.717) is 39.3 Å². The van der Waals surface area contributed by atoms with Crippen molar-refractivity contribution in [3.63, 3.8) is 0 Å². The summed E-state index contributed by atoms with van der Waals surface area (Å²) in [6, 6.07) is 16.2. The Morgan fingerprint density at radius 3 is 2.59 bits per heavy atom. The molecule has 2 aromatic carbocycles. The predicted molar refractivity (Wildman–Crippen MR) is 128 cm³/mol. The molecule has 1 N–H and O–H groups in total. The second-order valence-corrected chi connectivity index (χ2v) is 7.99. The van der Waals surface area contributed by atoms with Crippen LogP contribution in [0.5, 0.6) is 0 Å². The Labute approximate surface area is 194 Å². The van der Waals surface area contributed by atoms with Gasteiger partial charge in [-0.25, -0.2) is 9.36 Å². The fraction of sp³-hybridized carbons (Fsp3) is 0.115. The third-order valence-electron chi connectivity index (χ3n) is 5.40. The number of aryl methyl sites for hydroxylation is 2. The largest absolute Gasteiger partial charge is 0.424 e. The summed E-state index contributed by atoms with van der Waals surface area (Å²) in [4.78, 5) is 38.8. The molecule has 0 spiro atoms.